The molecular formula is C22H28N2O2. The van der Waals surface area contributed by atoms with Crippen LogP contribution in [0.2, 0.25) is 0 Å². The normalized spacial score (nSPS) is 13.5. The molecule has 0 atom stereocenters. The van der Waals surface area contributed by atoms with Gasteiger partial charge >= 0.3 is 0 Å². The van der Waals surface area contributed by atoms with Crippen molar-refractivity contribution in [2.45, 2.75) is 39.2 Å². The zero-order valence-electron chi connectivity index (χ0n) is 15.9. The van der Waals surface area contributed by atoms with Crippen LogP contribution in [-0.4, -0.2) is 26.1 Å². The van der Waals surface area contributed by atoms with E-state index in [2.05, 4.69) is 55.4 Å². The summed E-state index contributed by atoms with van der Waals surface area (Å²) in [4.78, 5) is 14.4. The van der Waals surface area contributed by atoms with Gasteiger partial charge in [-0.05, 0) is 53.6 Å². The van der Waals surface area contributed by atoms with E-state index in [1.807, 2.05) is 18.2 Å². The molecule has 0 radical (unpaired) electrons. The molecule has 0 aliphatic carbocycles. The molecule has 1 aliphatic rings. The predicted molar refractivity (Wildman–Crippen MR) is 106 cm³/mol. The molecular weight excluding hydrogens is 324 g/mol. The van der Waals surface area contributed by atoms with Crippen LogP contribution in [0.15, 0.2) is 42.5 Å². The van der Waals surface area contributed by atoms with Crippen LogP contribution in [0.1, 0.15) is 42.9 Å². The summed E-state index contributed by atoms with van der Waals surface area (Å²) in [6, 6.07) is 14.4. The van der Waals surface area contributed by atoms with Crippen molar-refractivity contribution in [2.24, 2.45) is 0 Å². The minimum absolute atomic E-state index is 0.0369. The molecule has 1 aliphatic heterocycles. The summed E-state index contributed by atoms with van der Waals surface area (Å²) >= 11 is 0. The lowest BCUT2D eigenvalue weighted by atomic mass is 9.99. The van der Waals surface area contributed by atoms with Crippen molar-refractivity contribution in [3.05, 3.63) is 59.2 Å². The third-order valence-corrected chi connectivity index (χ3v) is 4.88. The summed E-state index contributed by atoms with van der Waals surface area (Å²) in [5.41, 5.74) is 5.02. The second kappa shape index (κ2) is 8.26. The smallest absolute Gasteiger partial charge is 0.258 e. The minimum Gasteiger partial charge on any atom is -0.484 e. The van der Waals surface area contributed by atoms with E-state index < -0.39 is 0 Å². The van der Waals surface area contributed by atoms with E-state index in [9.17, 15) is 4.79 Å². The molecule has 2 aromatic carbocycles. The second-order valence-electron chi connectivity index (χ2n) is 7.28. The number of aryl methyl sites for hydroxylation is 1. The van der Waals surface area contributed by atoms with E-state index in [0.29, 0.717) is 12.5 Å². The first-order valence-corrected chi connectivity index (χ1v) is 9.35. The van der Waals surface area contributed by atoms with E-state index in [1.54, 1.807) is 0 Å². The van der Waals surface area contributed by atoms with Crippen LogP contribution in [0, 0.1) is 0 Å². The Kier molecular flexibility index (Phi) is 5.82. The maximum Gasteiger partial charge on any atom is 0.258 e. The first-order chi connectivity index (χ1) is 12.5. The number of hydrogen-bond acceptors (Lipinski definition) is 3. The van der Waals surface area contributed by atoms with Gasteiger partial charge in [-0.1, -0.05) is 38.1 Å². The molecule has 0 saturated heterocycles. The number of nitrogens with zero attached hydrogens (tertiary/aromatic N) is 1. The Hall–Kier alpha value is -2.49. The summed E-state index contributed by atoms with van der Waals surface area (Å²) in [5, 5.41) is 2.95. The Morgan fingerprint density at radius 1 is 1.23 bits per heavy atom. The van der Waals surface area contributed by atoms with E-state index >= 15 is 0 Å². The molecule has 0 bridgehead atoms. The van der Waals surface area contributed by atoms with Crippen LogP contribution < -0.4 is 15.0 Å². The van der Waals surface area contributed by atoms with Gasteiger partial charge in [0.1, 0.15) is 5.75 Å². The van der Waals surface area contributed by atoms with Gasteiger partial charge in [0.05, 0.1) is 0 Å². The zero-order chi connectivity index (χ0) is 18.5. The third-order valence-electron chi connectivity index (χ3n) is 4.88. The highest BCUT2D eigenvalue weighted by atomic mass is 16.5. The fraction of sp³-hybridized carbons (Fsp3) is 0.409. The topological polar surface area (TPSA) is 41.6 Å². The number of amides is 1. The Morgan fingerprint density at radius 3 is 2.88 bits per heavy atom. The summed E-state index contributed by atoms with van der Waals surface area (Å²) in [6.45, 7) is 5.96. The van der Waals surface area contributed by atoms with Gasteiger partial charge in [0.15, 0.2) is 6.61 Å². The van der Waals surface area contributed by atoms with Gasteiger partial charge in [0, 0.05) is 25.8 Å². The van der Waals surface area contributed by atoms with Crippen molar-refractivity contribution in [1.82, 2.24) is 5.32 Å². The largest absolute Gasteiger partial charge is 0.484 e. The highest BCUT2D eigenvalue weighted by Crippen LogP contribution is 2.26. The lowest BCUT2D eigenvalue weighted by molar-refractivity contribution is -0.123. The molecule has 26 heavy (non-hydrogen) atoms. The number of carbonyl (C=O) groups excluding carboxylic acids is 1. The van der Waals surface area contributed by atoms with E-state index in [4.69, 9.17) is 4.74 Å². The number of rotatable bonds is 6. The van der Waals surface area contributed by atoms with Crippen molar-refractivity contribution in [3.8, 4) is 5.75 Å². The average Bonchev–Trinajstić information content (AvgIpc) is 2.65. The molecule has 0 unspecified atom stereocenters. The fourth-order valence-corrected chi connectivity index (χ4v) is 3.31. The van der Waals surface area contributed by atoms with Gasteiger partial charge in [0.2, 0.25) is 0 Å². The monoisotopic (exact) mass is 352 g/mol. The first-order valence-electron chi connectivity index (χ1n) is 9.35. The minimum atomic E-state index is -0.102. The molecule has 2 aromatic rings. The van der Waals surface area contributed by atoms with Gasteiger partial charge in [-0.3, -0.25) is 4.79 Å². The van der Waals surface area contributed by atoms with Crippen molar-refractivity contribution in [3.63, 3.8) is 0 Å². The summed E-state index contributed by atoms with van der Waals surface area (Å²) in [7, 11) is 2.13. The van der Waals surface area contributed by atoms with Crippen molar-refractivity contribution in [1.29, 1.82) is 0 Å². The number of carbonyl (C=O) groups is 1. The fourth-order valence-electron chi connectivity index (χ4n) is 3.31. The molecule has 138 valence electrons. The molecule has 0 fully saturated rings. The number of fused-ring (bicyclic) bond motifs is 1. The molecule has 1 heterocycles. The SMILES string of the molecule is CC(C)c1cccc(OCC(=O)NCc2ccc3c(c2)CCCN3C)c1. The van der Waals surface area contributed by atoms with Crippen molar-refractivity contribution >= 4 is 11.6 Å². The van der Waals surface area contributed by atoms with Crippen LogP contribution in [0.5, 0.6) is 5.75 Å². The Morgan fingerprint density at radius 2 is 2.08 bits per heavy atom. The number of anilines is 1. The number of ether oxygens (including phenoxy) is 1. The van der Waals surface area contributed by atoms with Crippen molar-refractivity contribution < 1.29 is 9.53 Å². The molecule has 0 saturated carbocycles. The first kappa shape index (κ1) is 18.3. The molecule has 0 aromatic heterocycles. The maximum atomic E-state index is 12.1. The van der Waals surface area contributed by atoms with E-state index in [-0.39, 0.29) is 12.5 Å². The molecule has 1 N–H and O–H groups in total. The van der Waals surface area contributed by atoms with E-state index in [1.165, 1.54) is 23.2 Å². The summed E-state index contributed by atoms with van der Waals surface area (Å²) in [5.74, 6) is 1.08. The molecule has 0 spiro atoms. The third kappa shape index (κ3) is 4.57. The number of benzene rings is 2. The highest BCUT2D eigenvalue weighted by molar-refractivity contribution is 5.77. The van der Waals surface area contributed by atoms with Crippen LogP contribution in [-0.2, 0) is 17.8 Å². The summed E-state index contributed by atoms with van der Waals surface area (Å²) < 4.78 is 5.63. The lowest BCUT2D eigenvalue weighted by Gasteiger charge is -2.27. The lowest BCUT2D eigenvalue weighted by Crippen LogP contribution is -2.29. The van der Waals surface area contributed by atoms with Crippen LogP contribution >= 0.6 is 0 Å². The van der Waals surface area contributed by atoms with Crippen LogP contribution in [0.4, 0.5) is 5.69 Å². The van der Waals surface area contributed by atoms with Gasteiger partial charge in [-0.2, -0.15) is 0 Å². The summed E-state index contributed by atoms with van der Waals surface area (Å²) in [6.07, 6.45) is 2.29. The second-order valence-corrected chi connectivity index (χ2v) is 7.28. The Balaban J connectivity index is 1.51. The van der Waals surface area contributed by atoms with Crippen LogP contribution in [0.3, 0.4) is 0 Å². The highest BCUT2D eigenvalue weighted by Gasteiger charge is 2.14. The Bertz CT molecular complexity index is 770. The van der Waals surface area contributed by atoms with Gasteiger partial charge in [-0.15, -0.1) is 0 Å². The molecule has 1 amide bonds. The van der Waals surface area contributed by atoms with E-state index in [0.717, 1.165) is 24.3 Å². The van der Waals surface area contributed by atoms with Crippen molar-refractivity contribution in [2.75, 3.05) is 25.1 Å². The predicted octanol–water partition coefficient (Wildman–Crippen LogP) is 3.89. The van der Waals surface area contributed by atoms with Gasteiger partial charge in [-0.25, -0.2) is 0 Å². The molecule has 4 nitrogen and oxygen atoms in total. The average molecular weight is 352 g/mol. The van der Waals surface area contributed by atoms with Gasteiger partial charge < -0.3 is 15.0 Å². The Labute approximate surface area is 156 Å². The van der Waals surface area contributed by atoms with Crippen LogP contribution in [0.25, 0.3) is 0 Å². The maximum absolute atomic E-state index is 12.1. The van der Waals surface area contributed by atoms with Gasteiger partial charge in [0.25, 0.3) is 5.91 Å². The zero-order valence-corrected chi connectivity index (χ0v) is 15.9. The molecule has 3 rings (SSSR count). The standard InChI is InChI=1S/C22H28N2O2/c1-16(2)18-6-4-8-20(13-18)26-15-22(25)23-14-17-9-10-21-19(12-17)7-5-11-24(21)3/h4,6,8-10,12-13,16H,5,7,11,14-15H2,1-3H3,(H,23,25). The number of nitrogens with one attached hydrogen (secondary N) is 1. The quantitative estimate of drug-likeness (QED) is 0.858. The molecule has 4 heteroatoms. The number of hydrogen-bond donors (Lipinski definition) is 1.